The van der Waals surface area contributed by atoms with Crippen molar-refractivity contribution in [1.29, 1.82) is 0 Å². The van der Waals surface area contributed by atoms with Crippen LogP contribution in [-0.4, -0.2) is 62.4 Å². The molecule has 1 amide bonds. The molecule has 1 saturated heterocycles. The first-order valence-corrected chi connectivity index (χ1v) is 6.76. The van der Waals surface area contributed by atoms with Crippen LogP contribution in [0.2, 0.25) is 0 Å². The maximum absolute atomic E-state index is 11.9. The van der Waals surface area contributed by atoms with Crippen molar-refractivity contribution >= 4 is 5.91 Å². The van der Waals surface area contributed by atoms with Crippen LogP contribution < -0.4 is 11.1 Å². The van der Waals surface area contributed by atoms with E-state index in [1.54, 1.807) is 0 Å². The number of carbonyl (C=O) groups excluding carboxylic acids is 1. The van der Waals surface area contributed by atoms with E-state index in [1.807, 2.05) is 4.90 Å². The average molecular weight is 297 g/mol. The maximum atomic E-state index is 11.9. The summed E-state index contributed by atoms with van der Waals surface area (Å²) >= 11 is 0. The van der Waals surface area contributed by atoms with Gasteiger partial charge in [-0.1, -0.05) is 0 Å². The van der Waals surface area contributed by atoms with Crippen molar-refractivity contribution in [3.63, 3.8) is 0 Å². The monoisotopic (exact) mass is 297 g/mol. The summed E-state index contributed by atoms with van der Waals surface area (Å²) in [6, 6.07) is 0.256. The number of primary amides is 1. The minimum absolute atomic E-state index is 0.0275. The van der Waals surface area contributed by atoms with Crippen molar-refractivity contribution in [1.82, 2.24) is 10.2 Å². The van der Waals surface area contributed by atoms with Gasteiger partial charge in [0.2, 0.25) is 5.91 Å². The van der Waals surface area contributed by atoms with Gasteiger partial charge in [-0.15, -0.1) is 0 Å². The molecule has 0 aromatic carbocycles. The van der Waals surface area contributed by atoms with Gasteiger partial charge < -0.3 is 15.8 Å². The molecule has 0 saturated carbocycles. The summed E-state index contributed by atoms with van der Waals surface area (Å²) in [5.41, 5.74) is 5.21. The Morgan fingerprint density at radius 1 is 1.35 bits per heavy atom. The fourth-order valence-corrected chi connectivity index (χ4v) is 2.32. The third-order valence-electron chi connectivity index (χ3n) is 3.18. The van der Waals surface area contributed by atoms with Gasteiger partial charge in [-0.2, -0.15) is 13.2 Å². The number of nitrogens with one attached hydrogen (secondary N) is 1. The SMILES string of the molecule is NC(=O)CN(CCCOCC(F)(F)F)C1CCNCC1. The molecule has 1 heterocycles. The molecule has 3 N–H and O–H groups in total. The van der Waals surface area contributed by atoms with Crippen LogP contribution in [0.4, 0.5) is 13.2 Å². The molecule has 1 aliphatic rings. The fourth-order valence-electron chi connectivity index (χ4n) is 2.32. The molecular formula is C12H22F3N3O2. The first-order chi connectivity index (χ1) is 9.38. The number of piperidine rings is 1. The second kappa shape index (κ2) is 8.43. The Hall–Kier alpha value is -0.860. The molecule has 8 heteroatoms. The standard InChI is InChI=1S/C12H22F3N3O2/c13-12(14,15)9-20-7-1-6-18(8-11(16)19)10-2-4-17-5-3-10/h10,17H,1-9H2,(H2,16,19). The fraction of sp³-hybridized carbons (Fsp3) is 0.917. The zero-order valence-electron chi connectivity index (χ0n) is 11.4. The average Bonchev–Trinajstić information content (AvgIpc) is 2.36. The highest BCUT2D eigenvalue weighted by molar-refractivity contribution is 5.75. The summed E-state index contributed by atoms with van der Waals surface area (Å²) < 4.78 is 40.3. The molecule has 0 aromatic rings. The predicted octanol–water partition coefficient (Wildman–Crippen LogP) is 0.495. The van der Waals surface area contributed by atoms with Gasteiger partial charge in [-0.25, -0.2) is 0 Å². The molecule has 0 aliphatic carbocycles. The number of carbonyl (C=O) groups is 1. The van der Waals surface area contributed by atoms with Crippen molar-refractivity contribution in [2.45, 2.75) is 31.5 Å². The minimum atomic E-state index is -4.29. The van der Waals surface area contributed by atoms with E-state index in [4.69, 9.17) is 5.73 Å². The van der Waals surface area contributed by atoms with Crippen LogP contribution in [0.1, 0.15) is 19.3 Å². The number of ether oxygens (including phenoxy) is 1. The molecule has 118 valence electrons. The lowest BCUT2D eigenvalue weighted by atomic mass is 10.0. The van der Waals surface area contributed by atoms with Gasteiger partial charge in [-0.3, -0.25) is 9.69 Å². The molecular weight excluding hydrogens is 275 g/mol. The Labute approximate surface area is 116 Å². The minimum Gasteiger partial charge on any atom is -0.372 e. The lowest BCUT2D eigenvalue weighted by Crippen LogP contribution is -2.47. The number of nitrogens with two attached hydrogens (primary N) is 1. The topological polar surface area (TPSA) is 67.6 Å². The molecule has 0 unspecified atom stereocenters. The van der Waals surface area contributed by atoms with Crippen LogP contribution in [0.25, 0.3) is 0 Å². The quantitative estimate of drug-likeness (QED) is 0.640. The van der Waals surface area contributed by atoms with Gasteiger partial charge in [0, 0.05) is 19.2 Å². The van der Waals surface area contributed by atoms with Gasteiger partial charge in [0.25, 0.3) is 0 Å². The van der Waals surface area contributed by atoms with Crippen LogP contribution in [0.15, 0.2) is 0 Å². The van der Waals surface area contributed by atoms with E-state index in [9.17, 15) is 18.0 Å². The highest BCUT2D eigenvalue weighted by Gasteiger charge is 2.27. The first-order valence-electron chi connectivity index (χ1n) is 6.76. The summed E-state index contributed by atoms with van der Waals surface area (Å²) in [5, 5.41) is 3.22. The molecule has 0 radical (unpaired) electrons. The van der Waals surface area contributed by atoms with Gasteiger partial charge in [0.1, 0.15) is 6.61 Å². The predicted molar refractivity (Wildman–Crippen MR) is 68.2 cm³/mol. The summed E-state index contributed by atoms with van der Waals surface area (Å²) in [6.45, 7) is 1.22. The van der Waals surface area contributed by atoms with Crippen LogP contribution in [0.3, 0.4) is 0 Å². The van der Waals surface area contributed by atoms with E-state index in [0.717, 1.165) is 25.9 Å². The van der Waals surface area contributed by atoms with Crippen molar-refractivity contribution in [2.24, 2.45) is 5.73 Å². The van der Waals surface area contributed by atoms with E-state index in [-0.39, 0.29) is 19.2 Å². The third kappa shape index (κ3) is 7.66. The van der Waals surface area contributed by atoms with Crippen LogP contribution in [0, 0.1) is 0 Å². The van der Waals surface area contributed by atoms with Crippen molar-refractivity contribution in [3.8, 4) is 0 Å². The molecule has 0 atom stereocenters. The van der Waals surface area contributed by atoms with Crippen molar-refractivity contribution < 1.29 is 22.7 Å². The van der Waals surface area contributed by atoms with Crippen LogP contribution >= 0.6 is 0 Å². The van der Waals surface area contributed by atoms with Crippen LogP contribution in [0.5, 0.6) is 0 Å². The number of amides is 1. The van der Waals surface area contributed by atoms with Gasteiger partial charge in [0.15, 0.2) is 0 Å². The van der Waals surface area contributed by atoms with Gasteiger partial charge >= 0.3 is 6.18 Å². The maximum Gasteiger partial charge on any atom is 0.411 e. The largest absolute Gasteiger partial charge is 0.411 e. The second-order valence-corrected chi connectivity index (χ2v) is 4.94. The second-order valence-electron chi connectivity index (χ2n) is 4.94. The molecule has 1 aliphatic heterocycles. The van der Waals surface area contributed by atoms with Gasteiger partial charge in [-0.05, 0) is 32.4 Å². The molecule has 0 aromatic heterocycles. The highest BCUT2D eigenvalue weighted by Crippen LogP contribution is 2.15. The summed E-state index contributed by atoms with van der Waals surface area (Å²) in [7, 11) is 0. The summed E-state index contributed by atoms with van der Waals surface area (Å²) in [6.07, 6.45) is -2.01. The van der Waals surface area contributed by atoms with E-state index < -0.39 is 18.7 Å². The first kappa shape index (κ1) is 17.2. The smallest absolute Gasteiger partial charge is 0.372 e. The van der Waals surface area contributed by atoms with E-state index in [1.165, 1.54) is 0 Å². The molecule has 20 heavy (non-hydrogen) atoms. The van der Waals surface area contributed by atoms with Gasteiger partial charge in [0.05, 0.1) is 6.54 Å². The Morgan fingerprint density at radius 2 is 2.00 bits per heavy atom. The molecule has 1 fully saturated rings. The van der Waals surface area contributed by atoms with E-state index >= 15 is 0 Å². The van der Waals surface area contributed by atoms with Crippen molar-refractivity contribution in [2.75, 3.05) is 39.4 Å². The number of nitrogens with zero attached hydrogens (tertiary/aromatic N) is 1. The summed E-state index contributed by atoms with van der Waals surface area (Å²) in [4.78, 5) is 13.0. The van der Waals surface area contributed by atoms with Crippen LogP contribution in [-0.2, 0) is 9.53 Å². The Bertz CT molecular complexity index is 294. The number of rotatable bonds is 8. The Morgan fingerprint density at radius 3 is 2.55 bits per heavy atom. The zero-order valence-corrected chi connectivity index (χ0v) is 11.4. The van der Waals surface area contributed by atoms with Crippen molar-refractivity contribution in [3.05, 3.63) is 0 Å². The normalized spacial score (nSPS) is 17.6. The molecule has 0 bridgehead atoms. The molecule has 0 spiro atoms. The Balaban J connectivity index is 2.27. The molecule has 1 rings (SSSR count). The lowest BCUT2D eigenvalue weighted by molar-refractivity contribution is -0.174. The number of halogens is 3. The zero-order chi connectivity index (χ0) is 15.0. The summed E-state index contributed by atoms with van der Waals surface area (Å²) in [5.74, 6) is -0.417. The van der Waals surface area contributed by atoms with E-state index in [2.05, 4.69) is 10.1 Å². The van der Waals surface area contributed by atoms with E-state index in [0.29, 0.717) is 13.0 Å². The third-order valence-corrected chi connectivity index (χ3v) is 3.18. The number of hydrogen-bond acceptors (Lipinski definition) is 4. The molecule has 5 nitrogen and oxygen atoms in total. The lowest BCUT2D eigenvalue weighted by Gasteiger charge is -2.33. The number of hydrogen-bond donors (Lipinski definition) is 2. The highest BCUT2D eigenvalue weighted by atomic mass is 19.4. The Kier molecular flexibility index (Phi) is 7.25. The number of alkyl halides is 3.